The van der Waals surface area contributed by atoms with E-state index in [2.05, 4.69) is 0 Å². The van der Waals surface area contributed by atoms with Crippen LogP contribution >= 0.6 is 0 Å². The Balaban J connectivity index is 3.27. The van der Waals surface area contributed by atoms with Gasteiger partial charge in [0.15, 0.2) is 0 Å². The maximum Gasteiger partial charge on any atom is 0.439 e. The Bertz CT molecular complexity index is 494. The van der Waals surface area contributed by atoms with Crippen molar-refractivity contribution in [3.05, 3.63) is 42.0 Å². The average Bonchev–Trinajstić information content (AvgIpc) is 2.37. The van der Waals surface area contributed by atoms with Gasteiger partial charge in [0.1, 0.15) is 5.75 Å². The molecule has 1 rings (SSSR count). The molecule has 1 unspecified atom stereocenters. The molecule has 1 aromatic rings. The van der Waals surface area contributed by atoms with Gasteiger partial charge in [-0.2, -0.15) is 13.2 Å². The fraction of sp³-hybridized carbons (Fsp3) is 0.357. The molecule has 3 nitrogen and oxygen atoms in total. The second-order valence-electron chi connectivity index (χ2n) is 4.36. The van der Waals surface area contributed by atoms with Gasteiger partial charge in [-0.1, -0.05) is 29.8 Å². The Morgan fingerprint density at radius 2 is 1.85 bits per heavy atom. The van der Waals surface area contributed by atoms with Crippen LogP contribution in [0.25, 0.3) is 0 Å². The number of carboxylic acids is 1. The van der Waals surface area contributed by atoms with Crippen LogP contribution in [-0.2, 0) is 4.79 Å². The van der Waals surface area contributed by atoms with E-state index >= 15 is 0 Å². The van der Waals surface area contributed by atoms with Gasteiger partial charge in [-0.25, -0.2) is 4.79 Å². The van der Waals surface area contributed by atoms with Crippen LogP contribution in [0.3, 0.4) is 0 Å². The second kappa shape index (κ2) is 5.98. The van der Waals surface area contributed by atoms with Crippen LogP contribution < -0.4 is 4.74 Å². The summed E-state index contributed by atoms with van der Waals surface area (Å²) < 4.78 is 44.7. The number of para-hydroxylation sites is 1. The van der Waals surface area contributed by atoms with Crippen LogP contribution in [0.4, 0.5) is 13.2 Å². The van der Waals surface area contributed by atoms with E-state index < -0.39 is 24.2 Å². The standard InChI is InChI=1S/C14H15F3O3/c1-3-10(2)9-13(12(18)19,14(15,16)17)20-11-7-5-4-6-8-11/h3-8H,9H2,1-2H3,(H,18,19)/b10-3+. The minimum Gasteiger partial charge on any atom is -0.478 e. The molecule has 0 heterocycles. The molecule has 110 valence electrons. The number of benzene rings is 1. The van der Waals surface area contributed by atoms with E-state index in [1.54, 1.807) is 13.0 Å². The first-order valence-electron chi connectivity index (χ1n) is 5.89. The third-order valence-electron chi connectivity index (χ3n) is 2.86. The maximum absolute atomic E-state index is 13.3. The van der Waals surface area contributed by atoms with E-state index in [1.165, 1.54) is 37.3 Å². The summed E-state index contributed by atoms with van der Waals surface area (Å²) in [5.74, 6) is -2.20. The molecule has 1 aromatic carbocycles. The summed E-state index contributed by atoms with van der Waals surface area (Å²) in [5, 5.41) is 9.09. The molecule has 0 saturated carbocycles. The molecule has 0 aliphatic rings. The number of ether oxygens (including phenoxy) is 1. The lowest BCUT2D eigenvalue weighted by Gasteiger charge is -2.32. The highest BCUT2D eigenvalue weighted by Crippen LogP contribution is 2.39. The van der Waals surface area contributed by atoms with Crippen LogP contribution in [0.1, 0.15) is 20.3 Å². The number of hydrogen-bond donors (Lipinski definition) is 1. The highest BCUT2D eigenvalue weighted by atomic mass is 19.4. The molecular weight excluding hydrogens is 273 g/mol. The number of halogens is 3. The van der Waals surface area contributed by atoms with Crippen LogP contribution in [0.5, 0.6) is 5.75 Å². The monoisotopic (exact) mass is 288 g/mol. The number of allylic oxidation sites excluding steroid dienone is 1. The maximum atomic E-state index is 13.3. The summed E-state index contributed by atoms with van der Waals surface area (Å²) in [7, 11) is 0. The zero-order valence-corrected chi connectivity index (χ0v) is 11.1. The van der Waals surface area contributed by atoms with Crippen molar-refractivity contribution in [3.63, 3.8) is 0 Å². The third kappa shape index (κ3) is 3.31. The lowest BCUT2D eigenvalue weighted by Crippen LogP contribution is -2.56. The zero-order chi connectivity index (χ0) is 15.4. The molecule has 6 heteroatoms. The van der Waals surface area contributed by atoms with Crippen LogP contribution in [0.15, 0.2) is 42.0 Å². The molecule has 0 aliphatic heterocycles. The first-order chi connectivity index (χ1) is 9.23. The topological polar surface area (TPSA) is 46.5 Å². The number of alkyl halides is 3. The van der Waals surface area contributed by atoms with E-state index in [1.807, 2.05) is 0 Å². The molecule has 0 amide bonds. The van der Waals surface area contributed by atoms with Crippen LogP contribution in [-0.4, -0.2) is 22.9 Å². The van der Waals surface area contributed by atoms with Gasteiger partial charge >= 0.3 is 17.7 Å². The molecule has 1 N–H and O–H groups in total. The van der Waals surface area contributed by atoms with Gasteiger partial charge in [-0.05, 0) is 26.0 Å². The lowest BCUT2D eigenvalue weighted by atomic mass is 9.93. The summed E-state index contributed by atoms with van der Waals surface area (Å²) in [4.78, 5) is 11.3. The molecule has 0 fully saturated rings. The predicted octanol–water partition coefficient (Wildman–Crippen LogP) is 3.81. The Hall–Kier alpha value is -1.98. The summed E-state index contributed by atoms with van der Waals surface area (Å²) in [6, 6.07) is 7.12. The Kier molecular flexibility index (Phi) is 4.81. The van der Waals surface area contributed by atoms with Gasteiger partial charge in [0.25, 0.3) is 0 Å². The quantitative estimate of drug-likeness (QED) is 0.838. The highest BCUT2D eigenvalue weighted by Gasteiger charge is 2.63. The Morgan fingerprint density at radius 3 is 2.25 bits per heavy atom. The average molecular weight is 288 g/mol. The van der Waals surface area contributed by atoms with Crippen molar-refractivity contribution in [2.75, 3.05) is 0 Å². The fourth-order valence-corrected chi connectivity index (χ4v) is 1.62. The number of carboxylic acid groups (broad SMARTS) is 1. The molecule has 0 aliphatic carbocycles. The second-order valence-corrected chi connectivity index (χ2v) is 4.36. The van der Waals surface area contributed by atoms with E-state index in [4.69, 9.17) is 9.84 Å². The first kappa shape index (κ1) is 16.1. The Labute approximate surface area is 114 Å². The number of rotatable bonds is 5. The van der Waals surface area contributed by atoms with Gasteiger partial charge in [0.05, 0.1) is 0 Å². The van der Waals surface area contributed by atoms with Crippen molar-refractivity contribution >= 4 is 5.97 Å². The number of carbonyl (C=O) groups is 1. The van der Waals surface area contributed by atoms with E-state index in [9.17, 15) is 18.0 Å². The van der Waals surface area contributed by atoms with Crippen molar-refractivity contribution in [2.45, 2.75) is 32.0 Å². The smallest absolute Gasteiger partial charge is 0.439 e. The third-order valence-corrected chi connectivity index (χ3v) is 2.86. The lowest BCUT2D eigenvalue weighted by molar-refractivity contribution is -0.250. The van der Waals surface area contributed by atoms with Gasteiger partial charge in [0, 0.05) is 6.42 Å². The van der Waals surface area contributed by atoms with Crippen molar-refractivity contribution in [1.82, 2.24) is 0 Å². The van der Waals surface area contributed by atoms with E-state index in [-0.39, 0.29) is 11.3 Å². The van der Waals surface area contributed by atoms with Crippen LogP contribution in [0, 0.1) is 0 Å². The molecule has 0 bridgehead atoms. The number of aliphatic carboxylic acids is 1. The van der Waals surface area contributed by atoms with Crippen molar-refractivity contribution in [3.8, 4) is 5.75 Å². The first-order valence-corrected chi connectivity index (χ1v) is 5.89. The summed E-state index contributed by atoms with van der Waals surface area (Å²) >= 11 is 0. The van der Waals surface area contributed by atoms with Gasteiger partial charge in [-0.3, -0.25) is 0 Å². The molecule has 0 saturated heterocycles. The molecule has 1 atom stereocenters. The van der Waals surface area contributed by atoms with Crippen molar-refractivity contribution < 1.29 is 27.8 Å². The van der Waals surface area contributed by atoms with E-state index in [0.29, 0.717) is 0 Å². The molecule has 20 heavy (non-hydrogen) atoms. The molecular formula is C14H15F3O3. The summed E-state index contributed by atoms with van der Waals surface area (Å²) in [6.07, 6.45) is -4.38. The summed E-state index contributed by atoms with van der Waals surface area (Å²) in [5.41, 5.74) is -3.01. The van der Waals surface area contributed by atoms with Gasteiger partial charge in [0.2, 0.25) is 0 Å². The largest absolute Gasteiger partial charge is 0.478 e. The van der Waals surface area contributed by atoms with Gasteiger partial charge < -0.3 is 9.84 Å². The molecule has 0 aromatic heterocycles. The summed E-state index contributed by atoms with van der Waals surface area (Å²) in [6.45, 7) is 2.97. The number of hydrogen-bond acceptors (Lipinski definition) is 2. The van der Waals surface area contributed by atoms with E-state index in [0.717, 1.165) is 0 Å². The SMILES string of the molecule is C/C=C(\C)CC(Oc1ccccc1)(C(=O)O)C(F)(F)F. The highest BCUT2D eigenvalue weighted by molar-refractivity contribution is 5.79. The van der Waals surface area contributed by atoms with Crippen molar-refractivity contribution in [2.24, 2.45) is 0 Å². The minimum absolute atomic E-state index is 0.142. The van der Waals surface area contributed by atoms with Gasteiger partial charge in [-0.15, -0.1) is 0 Å². The normalized spacial score (nSPS) is 15.6. The molecule has 0 spiro atoms. The minimum atomic E-state index is -5.04. The van der Waals surface area contributed by atoms with Crippen LogP contribution in [0.2, 0.25) is 0 Å². The Morgan fingerprint density at radius 1 is 1.30 bits per heavy atom. The molecule has 0 radical (unpaired) electrons. The predicted molar refractivity (Wildman–Crippen MR) is 67.5 cm³/mol. The fourth-order valence-electron chi connectivity index (χ4n) is 1.62. The zero-order valence-electron chi connectivity index (χ0n) is 11.1. The van der Waals surface area contributed by atoms with Crippen molar-refractivity contribution in [1.29, 1.82) is 0 Å².